The van der Waals surface area contributed by atoms with Crippen LogP contribution >= 0.6 is 0 Å². The Bertz CT molecular complexity index is 462. The largest absolute Gasteiger partial charge is 0.511 e. The van der Waals surface area contributed by atoms with Crippen molar-refractivity contribution >= 4 is 11.8 Å². The predicted molar refractivity (Wildman–Crippen MR) is 59.8 cm³/mol. The Morgan fingerprint density at radius 1 is 1.35 bits per heavy atom. The minimum absolute atomic E-state index is 0.122. The lowest BCUT2D eigenvalue weighted by Gasteiger charge is -2.07. The Morgan fingerprint density at radius 3 is 2.59 bits per heavy atom. The summed E-state index contributed by atoms with van der Waals surface area (Å²) in [5, 5.41) is 8.81. The first-order valence-electron chi connectivity index (χ1n) is 4.80. The van der Waals surface area contributed by atoms with E-state index in [1.54, 1.807) is 18.2 Å². The van der Waals surface area contributed by atoms with E-state index in [0.29, 0.717) is 11.8 Å². The number of Topliss-reactive ketones (excluding diaryl/α,β-unsaturated/α-hetero) is 1. The van der Waals surface area contributed by atoms with Gasteiger partial charge in [-0.1, -0.05) is 12.1 Å². The standard InChI is InChI=1S/C12H12O5/c1-8(14)9-4-3-5-10(6-9)17-11(7-13)12(15)16-2/h3-7,13H,1-2H3. The van der Waals surface area contributed by atoms with Crippen molar-refractivity contribution in [3.05, 3.63) is 41.9 Å². The van der Waals surface area contributed by atoms with Gasteiger partial charge in [0.2, 0.25) is 5.76 Å². The summed E-state index contributed by atoms with van der Waals surface area (Å²) >= 11 is 0. The van der Waals surface area contributed by atoms with Crippen LogP contribution in [0.15, 0.2) is 36.3 Å². The first-order chi connectivity index (χ1) is 8.08. The van der Waals surface area contributed by atoms with Gasteiger partial charge < -0.3 is 14.6 Å². The number of benzene rings is 1. The number of methoxy groups -OCH3 is 1. The highest BCUT2D eigenvalue weighted by Crippen LogP contribution is 2.16. The van der Waals surface area contributed by atoms with Gasteiger partial charge in [-0.25, -0.2) is 4.79 Å². The molecule has 17 heavy (non-hydrogen) atoms. The van der Waals surface area contributed by atoms with E-state index in [4.69, 9.17) is 9.84 Å². The zero-order chi connectivity index (χ0) is 12.8. The number of hydrogen-bond donors (Lipinski definition) is 1. The van der Waals surface area contributed by atoms with Crippen LogP contribution < -0.4 is 4.74 Å². The second-order valence-corrected chi connectivity index (χ2v) is 3.17. The number of rotatable bonds is 4. The first-order valence-corrected chi connectivity index (χ1v) is 4.80. The van der Waals surface area contributed by atoms with Gasteiger partial charge in [-0.15, -0.1) is 0 Å². The summed E-state index contributed by atoms with van der Waals surface area (Å²) in [4.78, 5) is 22.3. The molecule has 0 radical (unpaired) electrons. The number of hydrogen-bond acceptors (Lipinski definition) is 5. The highest BCUT2D eigenvalue weighted by Gasteiger charge is 2.13. The van der Waals surface area contributed by atoms with Crippen molar-refractivity contribution in [2.24, 2.45) is 0 Å². The number of ketones is 1. The molecule has 1 aromatic carbocycles. The van der Waals surface area contributed by atoms with Crippen molar-refractivity contribution in [2.45, 2.75) is 6.92 Å². The first kappa shape index (κ1) is 12.8. The van der Waals surface area contributed by atoms with Crippen LogP contribution in [-0.4, -0.2) is 24.0 Å². The quantitative estimate of drug-likeness (QED) is 0.374. The maximum atomic E-state index is 11.1. The van der Waals surface area contributed by atoms with Gasteiger partial charge in [-0.3, -0.25) is 4.79 Å². The van der Waals surface area contributed by atoms with Gasteiger partial charge in [0.25, 0.3) is 0 Å². The molecule has 0 unspecified atom stereocenters. The molecule has 5 heteroatoms. The molecule has 90 valence electrons. The average Bonchev–Trinajstić information content (AvgIpc) is 2.35. The molecule has 0 aliphatic heterocycles. The maximum absolute atomic E-state index is 11.1. The molecule has 1 rings (SSSR count). The van der Waals surface area contributed by atoms with Crippen molar-refractivity contribution < 1.29 is 24.2 Å². The summed E-state index contributed by atoms with van der Waals surface area (Å²) in [6.07, 6.45) is 0.506. The SMILES string of the molecule is COC(=O)C(=CO)Oc1cccc(C(C)=O)c1. The Labute approximate surface area is 98.3 Å². The summed E-state index contributed by atoms with van der Waals surface area (Å²) in [6.45, 7) is 1.42. The zero-order valence-corrected chi connectivity index (χ0v) is 9.47. The summed E-state index contributed by atoms with van der Waals surface area (Å²) in [7, 11) is 1.17. The predicted octanol–water partition coefficient (Wildman–Crippen LogP) is 1.84. The van der Waals surface area contributed by atoms with E-state index >= 15 is 0 Å². The van der Waals surface area contributed by atoms with Crippen molar-refractivity contribution in [3.63, 3.8) is 0 Å². The number of ether oxygens (including phenoxy) is 2. The second kappa shape index (κ2) is 5.69. The molecule has 0 heterocycles. The second-order valence-electron chi connectivity index (χ2n) is 3.17. The molecular formula is C12H12O5. The third-order valence-corrected chi connectivity index (χ3v) is 1.97. The molecule has 0 aromatic heterocycles. The molecule has 0 aliphatic carbocycles. The van der Waals surface area contributed by atoms with E-state index < -0.39 is 5.97 Å². The molecule has 1 aromatic rings. The summed E-state index contributed by atoms with van der Waals surface area (Å²) in [6, 6.07) is 6.25. The van der Waals surface area contributed by atoms with Gasteiger partial charge in [0.1, 0.15) is 12.0 Å². The minimum atomic E-state index is -0.805. The van der Waals surface area contributed by atoms with Crippen molar-refractivity contribution in [3.8, 4) is 5.75 Å². The van der Waals surface area contributed by atoms with Crippen LogP contribution in [0.25, 0.3) is 0 Å². The lowest BCUT2D eigenvalue weighted by molar-refractivity contribution is -0.138. The molecule has 0 fully saturated rings. The minimum Gasteiger partial charge on any atom is -0.511 e. The molecule has 0 atom stereocenters. The number of aliphatic hydroxyl groups excluding tert-OH is 1. The van der Waals surface area contributed by atoms with E-state index in [0.717, 1.165) is 0 Å². The average molecular weight is 236 g/mol. The number of carbonyl (C=O) groups is 2. The Balaban J connectivity index is 2.91. The van der Waals surface area contributed by atoms with Crippen LogP contribution in [0.1, 0.15) is 17.3 Å². The Kier molecular flexibility index (Phi) is 4.28. The van der Waals surface area contributed by atoms with Gasteiger partial charge in [0.05, 0.1) is 7.11 Å². The highest BCUT2D eigenvalue weighted by atomic mass is 16.6. The van der Waals surface area contributed by atoms with Gasteiger partial charge >= 0.3 is 5.97 Å². The highest BCUT2D eigenvalue weighted by molar-refractivity contribution is 5.94. The van der Waals surface area contributed by atoms with Gasteiger partial charge in [-0.05, 0) is 19.1 Å². The molecule has 0 bridgehead atoms. The monoisotopic (exact) mass is 236 g/mol. The third kappa shape index (κ3) is 3.34. The molecule has 5 nitrogen and oxygen atoms in total. The van der Waals surface area contributed by atoms with Gasteiger partial charge in [0, 0.05) is 5.56 Å². The van der Waals surface area contributed by atoms with Crippen LogP contribution in [0, 0.1) is 0 Å². The van der Waals surface area contributed by atoms with Crippen LogP contribution in [0.5, 0.6) is 5.75 Å². The fourth-order valence-electron chi connectivity index (χ4n) is 1.13. The topological polar surface area (TPSA) is 72.8 Å². The zero-order valence-electron chi connectivity index (χ0n) is 9.47. The van der Waals surface area contributed by atoms with Crippen molar-refractivity contribution in [1.29, 1.82) is 0 Å². The molecule has 0 saturated heterocycles. The molecule has 0 amide bonds. The maximum Gasteiger partial charge on any atom is 0.377 e. The molecule has 0 spiro atoms. The molecule has 0 saturated carbocycles. The third-order valence-electron chi connectivity index (χ3n) is 1.97. The van der Waals surface area contributed by atoms with Crippen LogP contribution in [-0.2, 0) is 9.53 Å². The lowest BCUT2D eigenvalue weighted by Crippen LogP contribution is -2.11. The smallest absolute Gasteiger partial charge is 0.377 e. The Morgan fingerprint density at radius 2 is 2.06 bits per heavy atom. The molecule has 1 N–H and O–H groups in total. The van der Waals surface area contributed by atoms with E-state index in [-0.39, 0.29) is 17.3 Å². The fourth-order valence-corrected chi connectivity index (χ4v) is 1.13. The molecule has 0 aliphatic rings. The number of esters is 1. The summed E-state index contributed by atoms with van der Waals surface area (Å²) < 4.78 is 9.49. The normalized spacial score (nSPS) is 10.8. The lowest BCUT2D eigenvalue weighted by atomic mass is 10.1. The van der Waals surface area contributed by atoms with Gasteiger partial charge in [-0.2, -0.15) is 0 Å². The molecular weight excluding hydrogens is 224 g/mol. The summed E-state index contributed by atoms with van der Waals surface area (Å²) in [5.41, 5.74) is 0.449. The van der Waals surface area contributed by atoms with E-state index in [1.807, 2.05) is 0 Å². The number of aliphatic hydroxyl groups is 1. The van der Waals surface area contributed by atoms with Crippen molar-refractivity contribution in [2.75, 3.05) is 7.11 Å². The van der Waals surface area contributed by atoms with E-state index in [2.05, 4.69) is 4.74 Å². The van der Waals surface area contributed by atoms with Crippen LogP contribution in [0.3, 0.4) is 0 Å². The number of carbonyl (C=O) groups excluding carboxylic acids is 2. The van der Waals surface area contributed by atoms with E-state index in [9.17, 15) is 9.59 Å². The summed E-state index contributed by atoms with van der Waals surface area (Å²) in [5.74, 6) is -1.01. The van der Waals surface area contributed by atoms with Crippen LogP contribution in [0.4, 0.5) is 0 Å². The van der Waals surface area contributed by atoms with Crippen LogP contribution in [0.2, 0.25) is 0 Å². The fraction of sp³-hybridized carbons (Fsp3) is 0.167. The Hall–Kier alpha value is -2.30. The van der Waals surface area contributed by atoms with Gasteiger partial charge in [0.15, 0.2) is 5.78 Å². The van der Waals surface area contributed by atoms with Crippen molar-refractivity contribution in [1.82, 2.24) is 0 Å². The van der Waals surface area contributed by atoms with E-state index in [1.165, 1.54) is 20.1 Å².